The molecule has 1 aliphatic rings. The molecule has 0 radical (unpaired) electrons. The Kier molecular flexibility index (Phi) is 2.91. The molecular weight excluding hydrogens is 132 g/mol. The fourth-order valence-electron chi connectivity index (χ4n) is 0.869. The van der Waals surface area contributed by atoms with E-state index in [0.717, 1.165) is 25.4 Å². The van der Waals surface area contributed by atoms with E-state index < -0.39 is 0 Å². The first kappa shape index (κ1) is 6.93. The predicted octanol–water partition coefficient (Wildman–Crippen LogP) is -0.268. The van der Waals surface area contributed by atoms with Crippen LogP contribution in [0.1, 0.15) is 6.42 Å². The second-order valence-electron chi connectivity index (χ2n) is 2.16. The molecule has 0 bridgehead atoms. The Bertz CT molecular complexity index is 103. The molecule has 0 aromatic rings. The van der Waals surface area contributed by atoms with Gasteiger partial charge in [0.15, 0.2) is 0 Å². The lowest BCUT2D eigenvalue weighted by atomic mass is 10.4. The molecule has 0 N–H and O–H groups in total. The Morgan fingerprint density at radius 2 is 2.56 bits per heavy atom. The fourth-order valence-corrected chi connectivity index (χ4v) is 1.03. The second kappa shape index (κ2) is 3.77. The van der Waals surface area contributed by atoms with Gasteiger partial charge < -0.3 is 4.90 Å². The average Bonchev–Trinajstić information content (AvgIpc) is 2.34. The van der Waals surface area contributed by atoms with Gasteiger partial charge in [0, 0.05) is 19.5 Å². The molecule has 0 amide bonds. The molecule has 0 aliphatic carbocycles. The topological polar surface area (TPSA) is 15.6 Å². The van der Waals surface area contributed by atoms with Crippen LogP contribution in [0, 0.1) is 0 Å². The van der Waals surface area contributed by atoms with Crippen molar-refractivity contribution in [3.8, 4) is 0 Å². The summed E-state index contributed by atoms with van der Waals surface area (Å²) in [7, 11) is 0. The molecule has 9 heavy (non-hydrogen) atoms. The van der Waals surface area contributed by atoms with Crippen LogP contribution < -0.4 is 0 Å². The zero-order valence-electron chi connectivity index (χ0n) is 5.51. The Hall–Kier alpha value is -0.180. The van der Waals surface area contributed by atoms with Gasteiger partial charge in [-0.05, 0) is 12.6 Å². The third kappa shape index (κ3) is 2.26. The van der Waals surface area contributed by atoms with Crippen LogP contribution in [-0.4, -0.2) is 36.6 Å². The van der Waals surface area contributed by atoms with E-state index in [4.69, 9.17) is 0 Å². The molecule has 0 spiro atoms. The molecule has 1 aliphatic heterocycles. The standard InChI is InChI=1S/C6H12N2S/c9-5-1-3-8-4-2-7-6-8/h6,9H,1-5H2/p+1. The van der Waals surface area contributed by atoms with Gasteiger partial charge in [0.05, 0.1) is 12.9 Å². The van der Waals surface area contributed by atoms with Gasteiger partial charge in [-0.15, -0.1) is 0 Å². The summed E-state index contributed by atoms with van der Waals surface area (Å²) in [5, 5.41) is 0. The minimum absolute atomic E-state index is 0.988. The normalized spacial score (nSPS) is 17.2. The van der Waals surface area contributed by atoms with E-state index in [0.29, 0.717) is 0 Å². The number of aliphatic imine (C=N–C) groups is 1. The van der Waals surface area contributed by atoms with Gasteiger partial charge in [0.2, 0.25) is 0 Å². The lowest BCUT2D eigenvalue weighted by Crippen LogP contribution is -2.21. The summed E-state index contributed by atoms with van der Waals surface area (Å²) in [5.41, 5.74) is 0. The maximum Gasteiger partial charge on any atom is 0.105 e. The van der Waals surface area contributed by atoms with Crippen molar-refractivity contribution in [2.75, 3.05) is 25.4 Å². The summed E-state index contributed by atoms with van der Waals surface area (Å²) in [5.74, 6) is 1.09. The van der Waals surface area contributed by atoms with E-state index in [2.05, 4.69) is 22.5 Å². The molecule has 1 rings (SSSR count). The van der Waals surface area contributed by atoms with E-state index in [1.807, 2.05) is 6.34 Å². The molecule has 52 valence electrons. The van der Waals surface area contributed by atoms with Crippen molar-refractivity contribution in [1.29, 1.82) is 0 Å². The van der Waals surface area contributed by atoms with Gasteiger partial charge in [-0.2, -0.15) is 0 Å². The van der Waals surface area contributed by atoms with Crippen LogP contribution in [0.4, 0.5) is 0 Å². The van der Waals surface area contributed by atoms with E-state index in [1.54, 1.807) is 0 Å². The minimum Gasteiger partial charge on any atom is -0.361 e. The van der Waals surface area contributed by atoms with Gasteiger partial charge in [0.25, 0.3) is 0 Å². The summed E-state index contributed by atoms with van der Waals surface area (Å²) < 4.78 is 0. The van der Waals surface area contributed by atoms with E-state index >= 15 is 0 Å². The monoisotopic (exact) mass is 145 g/mol. The van der Waals surface area contributed by atoms with Crippen molar-refractivity contribution in [3.05, 3.63) is 0 Å². The van der Waals surface area contributed by atoms with Crippen molar-refractivity contribution >= 4 is 19.0 Å². The molecule has 0 fully saturated rings. The fraction of sp³-hybridized carbons (Fsp3) is 0.833. The first-order valence-electron chi connectivity index (χ1n) is 3.32. The van der Waals surface area contributed by atoms with Gasteiger partial charge >= 0.3 is 0 Å². The van der Waals surface area contributed by atoms with Crippen LogP contribution in [0.3, 0.4) is 0 Å². The second-order valence-corrected chi connectivity index (χ2v) is 2.66. The highest BCUT2D eigenvalue weighted by atomic mass is 32.1. The Morgan fingerprint density at radius 3 is 3.11 bits per heavy atom. The third-order valence-corrected chi connectivity index (χ3v) is 1.74. The smallest absolute Gasteiger partial charge is 0.105 e. The highest BCUT2D eigenvalue weighted by Crippen LogP contribution is 1.93. The summed E-state index contributed by atoms with van der Waals surface area (Å²) in [6.45, 7) is 3.25. The molecule has 1 heterocycles. The quantitative estimate of drug-likeness (QED) is 0.499. The molecule has 0 aromatic heterocycles. The van der Waals surface area contributed by atoms with Crippen molar-refractivity contribution in [2.24, 2.45) is 4.99 Å². The Balaban J connectivity index is 2.05. The van der Waals surface area contributed by atoms with Gasteiger partial charge in [-0.3, -0.25) is 4.99 Å². The van der Waals surface area contributed by atoms with Gasteiger partial charge in [0.1, 0.15) is 5.75 Å². The summed E-state index contributed by atoms with van der Waals surface area (Å²) >= 11 is 3.43. The molecular formula is C6H13N2S+. The zero-order valence-corrected chi connectivity index (χ0v) is 6.51. The van der Waals surface area contributed by atoms with Crippen LogP contribution in [0.2, 0.25) is 0 Å². The summed E-state index contributed by atoms with van der Waals surface area (Å²) in [4.78, 5) is 6.35. The van der Waals surface area contributed by atoms with Crippen LogP contribution in [0.5, 0.6) is 0 Å². The number of hydrogen-bond acceptors (Lipinski definition) is 2. The highest BCUT2D eigenvalue weighted by Gasteiger charge is 2.03. The largest absolute Gasteiger partial charge is 0.361 e. The lowest BCUT2D eigenvalue weighted by Gasteiger charge is -2.10. The van der Waals surface area contributed by atoms with E-state index in [-0.39, 0.29) is 0 Å². The predicted molar refractivity (Wildman–Crippen MR) is 44.6 cm³/mol. The molecule has 0 unspecified atom stereocenters. The maximum atomic E-state index is 4.10. The van der Waals surface area contributed by atoms with E-state index in [1.165, 1.54) is 6.42 Å². The van der Waals surface area contributed by atoms with Crippen LogP contribution >= 0.6 is 0 Å². The number of rotatable bonds is 3. The average molecular weight is 145 g/mol. The van der Waals surface area contributed by atoms with Crippen LogP contribution in [-0.2, 0) is 12.6 Å². The lowest BCUT2D eigenvalue weighted by molar-refractivity contribution is 0.467. The first-order chi connectivity index (χ1) is 4.43. The van der Waals surface area contributed by atoms with Crippen molar-refractivity contribution in [3.63, 3.8) is 0 Å². The molecule has 3 heteroatoms. The Morgan fingerprint density at radius 1 is 1.67 bits per heavy atom. The van der Waals surface area contributed by atoms with Crippen LogP contribution in [0.15, 0.2) is 4.99 Å². The van der Waals surface area contributed by atoms with Crippen molar-refractivity contribution in [1.82, 2.24) is 4.90 Å². The zero-order chi connectivity index (χ0) is 6.53. The molecule has 2 nitrogen and oxygen atoms in total. The summed E-state index contributed by atoms with van der Waals surface area (Å²) in [6.07, 6.45) is 3.16. The Labute approximate surface area is 61.4 Å². The maximum absolute atomic E-state index is 4.10. The molecule has 0 saturated heterocycles. The SMILES string of the molecule is [SH2+]CCCN1C=NCC1. The van der Waals surface area contributed by atoms with Gasteiger partial charge in [-0.1, -0.05) is 0 Å². The van der Waals surface area contributed by atoms with Crippen molar-refractivity contribution in [2.45, 2.75) is 6.42 Å². The third-order valence-electron chi connectivity index (χ3n) is 1.38. The van der Waals surface area contributed by atoms with Crippen LogP contribution in [0.25, 0.3) is 0 Å². The molecule has 0 saturated carbocycles. The molecule has 0 aromatic carbocycles. The number of hydrogen-bond donors (Lipinski definition) is 0. The summed E-state index contributed by atoms with van der Waals surface area (Å²) in [6, 6.07) is 0. The number of nitrogens with zero attached hydrogens (tertiary/aromatic N) is 2. The van der Waals surface area contributed by atoms with Crippen molar-refractivity contribution < 1.29 is 0 Å². The minimum atomic E-state index is 0.988. The molecule has 0 atom stereocenters. The van der Waals surface area contributed by atoms with Gasteiger partial charge in [-0.25, -0.2) is 0 Å². The first-order valence-corrected chi connectivity index (χ1v) is 4.03. The highest BCUT2D eigenvalue weighted by molar-refractivity contribution is 7.58. The van der Waals surface area contributed by atoms with E-state index in [9.17, 15) is 0 Å².